The second-order valence-electron chi connectivity index (χ2n) is 12.5. The van der Waals surface area contributed by atoms with Crippen LogP contribution in [0, 0.1) is 0 Å². The van der Waals surface area contributed by atoms with E-state index in [4.69, 9.17) is 8.97 Å². The smallest absolute Gasteiger partial charge is 0.0654 e. The van der Waals surface area contributed by atoms with Crippen LogP contribution in [0.25, 0.3) is 0 Å². The van der Waals surface area contributed by atoms with Crippen LogP contribution in [0.4, 0.5) is 0 Å². The first kappa shape index (κ1) is 40.3. The molecular weight excluding hydrogens is 812 g/mol. The summed E-state index contributed by atoms with van der Waals surface area (Å²) in [7, 11) is 0. The van der Waals surface area contributed by atoms with Crippen molar-refractivity contribution in [1.82, 2.24) is 0 Å². The summed E-state index contributed by atoms with van der Waals surface area (Å²) >= 11 is -10.4. The minimum absolute atomic E-state index is 0.129. The van der Waals surface area contributed by atoms with Crippen molar-refractivity contribution in [3.8, 4) is 0 Å². The van der Waals surface area contributed by atoms with Gasteiger partial charge in [0.1, 0.15) is 0 Å². The molecule has 0 aliphatic carbocycles. The topological polar surface area (TPSA) is 71.1 Å². The molecule has 6 nitrogen and oxygen atoms in total. The number of carbonyl (C=O) groups excluding carboxylic acids is 2. The van der Waals surface area contributed by atoms with Crippen molar-refractivity contribution in [2.45, 2.75) is 172 Å². The Bertz CT molecular complexity index is 588. The van der Waals surface area contributed by atoms with E-state index in [-0.39, 0.29) is 11.9 Å². The van der Waals surface area contributed by atoms with Gasteiger partial charge in [0.2, 0.25) is 0 Å². The second kappa shape index (κ2) is 23.7. The van der Waals surface area contributed by atoms with Gasteiger partial charge < -0.3 is 0 Å². The molecule has 0 spiro atoms. The van der Waals surface area contributed by atoms with Crippen LogP contribution in [0.2, 0.25) is 29.6 Å². The van der Waals surface area contributed by atoms with E-state index < -0.39 is 57.6 Å². The van der Waals surface area contributed by atoms with E-state index in [0.29, 0.717) is 12.8 Å². The fourth-order valence-corrected chi connectivity index (χ4v) is 69.0. The Kier molecular flexibility index (Phi) is 24.4. The monoisotopic (exact) mass is 880 g/mol. The molecule has 0 bridgehead atoms. The third-order valence-corrected chi connectivity index (χ3v) is 54.0. The third kappa shape index (κ3) is 26.6. The first-order valence-corrected chi connectivity index (χ1v) is 40.3. The number of unbranched alkanes of at least 4 members (excludes halogenated alkanes) is 16. The molecule has 0 aromatic carbocycles. The summed E-state index contributed by atoms with van der Waals surface area (Å²) in [6.07, 6.45) is 23.0. The Hall–Kier alpha value is 1.26. The van der Waals surface area contributed by atoms with Crippen molar-refractivity contribution < 1.29 is 18.6 Å². The van der Waals surface area contributed by atoms with Crippen LogP contribution in [0.1, 0.15) is 142 Å². The molecule has 0 rings (SSSR count). The van der Waals surface area contributed by atoms with Crippen molar-refractivity contribution >= 4 is 69.6 Å². The van der Waals surface area contributed by atoms with Crippen molar-refractivity contribution in [3.05, 3.63) is 0 Å². The molecule has 0 aromatic heterocycles. The van der Waals surface area contributed by atoms with E-state index >= 15 is 0 Å². The molecule has 0 saturated carbocycles. The molecule has 0 saturated heterocycles. The standard InChI is InChI=1S/2C12H24O2.6CH3.2O.3Sn/c2*1-2-3-4-5-6-7-8-9-10-11-12(13)14;;;;;;;;;;;/h2*2-11H2,1H3,(H,13,14);6*1H3;;;;;/q;;;;;;;;;;;2*+1/p-2. The molecule has 0 aliphatic rings. The molecule has 9 heteroatoms. The Morgan fingerprint density at radius 2 is 0.667 bits per heavy atom. The van der Waals surface area contributed by atoms with E-state index in [1.165, 1.54) is 89.9 Å². The van der Waals surface area contributed by atoms with Crippen LogP contribution in [-0.4, -0.2) is 69.6 Å². The number of hydrogen-bond donors (Lipinski definition) is 0. The summed E-state index contributed by atoms with van der Waals surface area (Å²) in [4.78, 5) is 37.0. The van der Waals surface area contributed by atoms with Crippen LogP contribution in [0.15, 0.2) is 0 Å². The molecule has 0 aromatic rings. The second-order valence-corrected chi connectivity index (χ2v) is 46.6. The van der Waals surface area contributed by atoms with Crippen molar-refractivity contribution in [2.75, 3.05) is 0 Å². The molecule has 0 radical (unpaired) electrons. The van der Waals surface area contributed by atoms with E-state index in [1.807, 2.05) is 19.8 Å². The molecule has 0 N–H and O–H groups in total. The predicted octanol–water partition coefficient (Wildman–Crippen LogP) is 10.1. The quantitative estimate of drug-likeness (QED) is 0.0637. The van der Waals surface area contributed by atoms with Gasteiger partial charge in [0, 0.05) is 0 Å². The van der Waals surface area contributed by atoms with Crippen molar-refractivity contribution in [2.24, 2.45) is 0 Å². The predicted molar refractivity (Wildman–Crippen MR) is 170 cm³/mol. The summed E-state index contributed by atoms with van der Waals surface area (Å²) in [5.74, 6) is -0.257. The van der Waals surface area contributed by atoms with Gasteiger partial charge in [0.05, 0.1) is 0 Å². The third-order valence-electron chi connectivity index (χ3n) is 6.67. The summed E-state index contributed by atoms with van der Waals surface area (Å²) in [6.45, 7) is 4.49. The zero-order valence-electron chi connectivity index (χ0n) is 27.1. The molecule has 0 aliphatic heterocycles. The van der Waals surface area contributed by atoms with Gasteiger partial charge in [-0.15, -0.1) is 0 Å². The molecule has 0 fully saturated rings. The van der Waals surface area contributed by atoms with E-state index in [2.05, 4.69) is 23.7 Å². The Morgan fingerprint density at radius 1 is 0.410 bits per heavy atom. The zero-order valence-corrected chi connectivity index (χ0v) is 35.7. The molecule has 0 heterocycles. The summed E-state index contributed by atoms with van der Waals surface area (Å²) in [6, 6.07) is 0. The minimum atomic E-state index is -3.50. The molecule has 232 valence electrons. The number of carbonyl (C=O) groups is 2. The number of hydrogen-bond acceptors (Lipinski definition) is 6. The first-order chi connectivity index (χ1) is 18.3. The summed E-state index contributed by atoms with van der Waals surface area (Å²) in [5.41, 5.74) is 0. The van der Waals surface area contributed by atoms with Gasteiger partial charge in [0.15, 0.2) is 0 Å². The van der Waals surface area contributed by atoms with E-state index in [0.717, 1.165) is 25.7 Å². The van der Waals surface area contributed by atoms with E-state index in [1.54, 1.807) is 0 Å². The van der Waals surface area contributed by atoms with Gasteiger partial charge in [0.25, 0.3) is 0 Å². The Morgan fingerprint density at radius 3 is 0.949 bits per heavy atom. The van der Waals surface area contributed by atoms with Gasteiger partial charge in [-0.05, 0) is 0 Å². The molecule has 0 unspecified atom stereocenters. The van der Waals surface area contributed by atoms with Crippen LogP contribution in [-0.2, 0) is 18.6 Å². The van der Waals surface area contributed by atoms with Gasteiger partial charge >= 0.3 is 246 Å². The summed E-state index contributed by atoms with van der Waals surface area (Å²) < 4.78 is 24.7. The molecule has 39 heavy (non-hydrogen) atoms. The average Bonchev–Trinajstić information content (AvgIpc) is 2.79. The van der Waals surface area contributed by atoms with Crippen molar-refractivity contribution in [3.63, 3.8) is 0 Å². The van der Waals surface area contributed by atoms with Gasteiger partial charge in [-0.2, -0.15) is 0 Å². The van der Waals surface area contributed by atoms with Gasteiger partial charge in [-0.3, -0.25) is 0 Å². The Balaban J connectivity index is 4.21. The fraction of sp³-hybridized carbons (Fsp3) is 0.933. The first-order valence-electron chi connectivity index (χ1n) is 16.2. The average molecular weight is 877 g/mol. The molecule has 0 amide bonds. The van der Waals surface area contributed by atoms with Crippen LogP contribution in [0.5, 0.6) is 0 Å². The van der Waals surface area contributed by atoms with Gasteiger partial charge in [-0.1, -0.05) is 13.8 Å². The minimum Gasteiger partial charge on any atom is -0.0654 e. The SMILES string of the molecule is CCCCCCCCCCCC(=O)[O][Sn]([CH3])([CH3])[O][Sn]([CH3])([CH3])[O][Sn]([CH3])([CH3])[O]C(=O)CCCCCCCCCCC. The maximum absolute atomic E-state index is 12.5. The molecular formula is C30H64O6Sn3. The Labute approximate surface area is 257 Å². The van der Waals surface area contributed by atoms with Crippen molar-refractivity contribution in [1.29, 1.82) is 0 Å². The van der Waals surface area contributed by atoms with Crippen LogP contribution >= 0.6 is 0 Å². The maximum atomic E-state index is 12.5. The fourth-order valence-electron chi connectivity index (χ4n) is 5.06. The number of rotatable bonds is 26. The molecule has 0 atom stereocenters. The summed E-state index contributed by atoms with van der Waals surface area (Å²) in [5, 5.41) is 0. The van der Waals surface area contributed by atoms with Gasteiger partial charge in [-0.25, -0.2) is 0 Å². The van der Waals surface area contributed by atoms with E-state index in [9.17, 15) is 9.59 Å². The van der Waals surface area contributed by atoms with Crippen LogP contribution in [0.3, 0.4) is 0 Å². The van der Waals surface area contributed by atoms with Crippen LogP contribution < -0.4 is 0 Å². The normalized spacial score (nSPS) is 12.5. The zero-order chi connectivity index (χ0) is 29.6.